The first-order valence-corrected chi connectivity index (χ1v) is 6.60. The number of hydrogen-bond acceptors (Lipinski definition) is 3. The Morgan fingerprint density at radius 2 is 2.00 bits per heavy atom. The fourth-order valence-electron chi connectivity index (χ4n) is 2.44. The zero-order chi connectivity index (χ0) is 13.0. The standard InChI is InChI=1S/C15H21NO2/c1-16(11-12-9-14(17)10-12)8-7-15(18)13-5-3-2-4-6-13/h2-6,12,14,17H,7-11H2,1H3. The third kappa shape index (κ3) is 3.65. The summed E-state index contributed by atoms with van der Waals surface area (Å²) in [6, 6.07) is 9.44. The molecule has 0 aromatic heterocycles. The number of aliphatic hydroxyl groups excluding tert-OH is 1. The number of carbonyl (C=O) groups is 1. The number of Topliss-reactive ketones (excluding diaryl/α,β-unsaturated/α-hetero) is 1. The van der Waals surface area contributed by atoms with Gasteiger partial charge in [0.25, 0.3) is 0 Å². The molecule has 0 radical (unpaired) electrons. The fourth-order valence-corrected chi connectivity index (χ4v) is 2.44. The van der Waals surface area contributed by atoms with Crippen LogP contribution in [-0.4, -0.2) is 42.0 Å². The summed E-state index contributed by atoms with van der Waals surface area (Å²) in [5.41, 5.74) is 0.796. The zero-order valence-electron chi connectivity index (χ0n) is 10.9. The summed E-state index contributed by atoms with van der Waals surface area (Å²) in [7, 11) is 2.04. The molecule has 1 aromatic rings. The van der Waals surface area contributed by atoms with E-state index in [1.54, 1.807) is 0 Å². The topological polar surface area (TPSA) is 40.5 Å². The molecule has 0 saturated heterocycles. The van der Waals surface area contributed by atoms with E-state index in [9.17, 15) is 9.90 Å². The highest BCUT2D eigenvalue weighted by molar-refractivity contribution is 5.96. The van der Waals surface area contributed by atoms with Crippen molar-refractivity contribution in [3.8, 4) is 0 Å². The Labute approximate surface area is 108 Å². The minimum atomic E-state index is -0.0886. The Bertz CT molecular complexity index is 385. The first kappa shape index (κ1) is 13.2. The van der Waals surface area contributed by atoms with Crippen molar-refractivity contribution >= 4 is 5.78 Å². The van der Waals surface area contributed by atoms with Gasteiger partial charge in [0.1, 0.15) is 0 Å². The van der Waals surface area contributed by atoms with Crippen molar-refractivity contribution in [3.63, 3.8) is 0 Å². The van der Waals surface area contributed by atoms with E-state index in [2.05, 4.69) is 4.90 Å². The van der Waals surface area contributed by atoms with Crippen LogP contribution in [-0.2, 0) is 0 Å². The van der Waals surface area contributed by atoms with Gasteiger partial charge in [-0.05, 0) is 25.8 Å². The summed E-state index contributed by atoms with van der Waals surface area (Å²) in [6.07, 6.45) is 2.30. The van der Waals surface area contributed by atoms with Crippen LogP contribution in [0.5, 0.6) is 0 Å². The maximum atomic E-state index is 11.9. The number of nitrogens with zero attached hydrogens (tertiary/aromatic N) is 1. The van der Waals surface area contributed by atoms with Gasteiger partial charge in [-0.25, -0.2) is 0 Å². The molecule has 2 rings (SSSR count). The Kier molecular flexibility index (Phi) is 4.50. The second-order valence-corrected chi connectivity index (χ2v) is 5.29. The smallest absolute Gasteiger partial charge is 0.164 e. The monoisotopic (exact) mass is 247 g/mol. The lowest BCUT2D eigenvalue weighted by Gasteiger charge is -2.34. The van der Waals surface area contributed by atoms with Gasteiger partial charge in [-0.2, -0.15) is 0 Å². The van der Waals surface area contributed by atoms with Crippen LogP contribution >= 0.6 is 0 Å². The van der Waals surface area contributed by atoms with Gasteiger partial charge in [0.2, 0.25) is 0 Å². The summed E-state index contributed by atoms with van der Waals surface area (Å²) in [5.74, 6) is 0.813. The van der Waals surface area contributed by atoms with Crippen molar-refractivity contribution in [2.45, 2.75) is 25.4 Å². The molecule has 0 amide bonds. The van der Waals surface area contributed by atoms with Crippen molar-refractivity contribution < 1.29 is 9.90 Å². The lowest BCUT2D eigenvalue weighted by Crippen LogP contribution is -2.37. The summed E-state index contributed by atoms with van der Waals surface area (Å²) in [6.45, 7) is 1.78. The van der Waals surface area contributed by atoms with Crippen molar-refractivity contribution in [2.75, 3.05) is 20.1 Å². The largest absolute Gasteiger partial charge is 0.393 e. The van der Waals surface area contributed by atoms with Gasteiger partial charge in [0, 0.05) is 25.1 Å². The molecule has 1 aliphatic carbocycles. The number of aliphatic hydroxyl groups is 1. The number of ketones is 1. The maximum absolute atomic E-state index is 11.9. The number of carbonyl (C=O) groups excluding carboxylic acids is 1. The highest BCUT2D eigenvalue weighted by atomic mass is 16.3. The highest BCUT2D eigenvalue weighted by Gasteiger charge is 2.27. The maximum Gasteiger partial charge on any atom is 0.164 e. The van der Waals surface area contributed by atoms with E-state index in [0.717, 1.165) is 31.5 Å². The molecule has 0 aliphatic heterocycles. The lowest BCUT2D eigenvalue weighted by atomic mass is 9.82. The molecule has 3 heteroatoms. The van der Waals surface area contributed by atoms with Crippen molar-refractivity contribution in [3.05, 3.63) is 35.9 Å². The van der Waals surface area contributed by atoms with Gasteiger partial charge in [0.05, 0.1) is 6.10 Å². The summed E-state index contributed by atoms with van der Waals surface area (Å²) in [5, 5.41) is 9.23. The predicted molar refractivity (Wildman–Crippen MR) is 71.6 cm³/mol. The molecule has 1 aromatic carbocycles. The number of rotatable bonds is 6. The summed E-state index contributed by atoms with van der Waals surface area (Å²) >= 11 is 0. The second-order valence-electron chi connectivity index (χ2n) is 5.29. The molecule has 3 nitrogen and oxygen atoms in total. The van der Waals surface area contributed by atoms with Crippen LogP contribution in [0.4, 0.5) is 0 Å². The van der Waals surface area contributed by atoms with Crippen LogP contribution in [0, 0.1) is 5.92 Å². The lowest BCUT2D eigenvalue weighted by molar-refractivity contribution is 0.0281. The van der Waals surface area contributed by atoms with E-state index in [-0.39, 0.29) is 11.9 Å². The quantitative estimate of drug-likeness (QED) is 0.781. The van der Waals surface area contributed by atoms with Gasteiger partial charge < -0.3 is 10.0 Å². The van der Waals surface area contributed by atoms with E-state index in [1.807, 2.05) is 37.4 Å². The highest BCUT2D eigenvalue weighted by Crippen LogP contribution is 2.27. The van der Waals surface area contributed by atoms with Gasteiger partial charge in [-0.15, -0.1) is 0 Å². The first-order valence-electron chi connectivity index (χ1n) is 6.60. The summed E-state index contributed by atoms with van der Waals surface area (Å²) < 4.78 is 0. The molecule has 1 saturated carbocycles. The van der Waals surface area contributed by atoms with E-state index in [1.165, 1.54) is 0 Å². The number of hydrogen-bond donors (Lipinski definition) is 1. The minimum absolute atomic E-state index is 0.0886. The molecule has 0 heterocycles. The Hall–Kier alpha value is -1.19. The van der Waals surface area contributed by atoms with Gasteiger partial charge in [-0.3, -0.25) is 4.79 Å². The van der Waals surface area contributed by atoms with Gasteiger partial charge >= 0.3 is 0 Å². The third-order valence-electron chi connectivity index (χ3n) is 3.60. The molecule has 1 fully saturated rings. The average Bonchev–Trinajstić information content (AvgIpc) is 2.35. The van der Waals surface area contributed by atoms with Crippen LogP contribution in [0.1, 0.15) is 29.6 Å². The van der Waals surface area contributed by atoms with Gasteiger partial charge in [0.15, 0.2) is 5.78 Å². The Balaban J connectivity index is 1.69. The van der Waals surface area contributed by atoms with Gasteiger partial charge in [-0.1, -0.05) is 30.3 Å². The van der Waals surface area contributed by atoms with E-state index >= 15 is 0 Å². The molecule has 0 bridgehead atoms. The molecule has 1 N–H and O–H groups in total. The van der Waals surface area contributed by atoms with Crippen LogP contribution < -0.4 is 0 Å². The molecule has 18 heavy (non-hydrogen) atoms. The van der Waals surface area contributed by atoms with Crippen LogP contribution in [0.3, 0.4) is 0 Å². The molecule has 0 unspecified atom stereocenters. The van der Waals surface area contributed by atoms with Crippen LogP contribution in [0.15, 0.2) is 30.3 Å². The van der Waals surface area contributed by atoms with E-state index in [4.69, 9.17) is 0 Å². The van der Waals surface area contributed by atoms with E-state index < -0.39 is 0 Å². The zero-order valence-corrected chi connectivity index (χ0v) is 10.9. The molecule has 0 atom stereocenters. The van der Waals surface area contributed by atoms with Crippen molar-refractivity contribution in [1.29, 1.82) is 0 Å². The van der Waals surface area contributed by atoms with Crippen LogP contribution in [0.25, 0.3) is 0 Å². The van der Waals surface area contributed by atoms with E-state index in [0.29, 0.717) is 12.3 Å². The fraction of sp³-hybridized carbons (Fsp3) is 0.533. The average molecular weight is 247 g/mol. The predicted octanol–water partition coefficient (Wildman–Crippen LogP) is 1.96. The van der Waals surface area contributed by atoms with Crippen LogP contribution in [0.2, 0.25) is 0 Å². The molecular formula is C15H21NO2. The second kappa shape index (κ2) is 6.12. The Morgan fingerprint density at radius 1 is 1.33 bits per heavy atom. The molecule has 1 aliphatic rings. The van der Waals surface area contributed by atoms with Crippen molar-refractivity contribution in [2.24, 2.45) is 5.92 Å². The molecular weight excluding hydrogens is 226 g/mol. The van der Waals surface area contributed by atoms with Crippen molar-refractivity contribution in [1.82, 2.24) is 4.90 Å². The first-order chi connectivity index (χ1) is 8.65. The summed E-state index contributed by atoms with van der Waals surface area (Å²) in [4.78, 5) is 14.1. The third-order valence-corrected chi connectivity index (χ3v) is 3.60. The number of benzene rings is 1. The minimum Gasteiger partial charge on any atom is -0.393 e. The molecule has 98 valence electrons. The Morgan fingerprint density at radius 3 is 2.61 bits per heavy atom. The normalized spacial score (nSPS) is 22.8. The molecule has 0 spiro atoms. The SMILES string of the molecule is CN(CCC(=O)c1ccccc1)CC1CC(O)C1.